The van der Waals surface area contributed by atoms with Crippen molar-refractivity contribution < 1.29 is 24.1 Å². The number of non-ortho nitro benzene ring substituents is 1. The number of hydrogen-bond acceptors (Lipinski definition) is 5. The van der Waals surface area contributed by atoms with Crippen LogP contribution >= 0.6 is 0 Å². The second-order valence-electron chi connectivity index (χ2n) is 6.42. The summed E-state index contributed by atoms with van der Waals surface area (Å²) >= 11 is 0. The van der Waals surface area contributed by atoms with Crippen LogP contribution in [0.4, 0.5) is 11.4 Å². The molecule has 3 atom stereocenters. The number of benzene rings is 1. The SMILES string of the molecule is C[C@H]1C[NH+]([C@@H]2CC(=O)N(c3ccc([N+](=O)[O-])cc3)C2=O)C[C@H](C)O1. The third-order valence-corrected chi connectivity index (χ3v) is 4.52. The highest BCUT2D eigenvalue weighted by Gasteiger charge is 2.47. The predicted molar refractivity (Wildman–Crippen MR) is 84.7 cm³/mol. The van der Waals surface area contributed by atoms with E-state index >= 15 is 0 Å². The maximum Gasteiger partial charge on any atom is 0.292 e. The first-order valence-electron chi connectivity index (χ1n) is 7.98. The van der Waals surface area contributed by atoms with Gasteiger partial charge in [-0.05, 0) is 26.0 Å². The molecule has 2 heterocycles. The van der Waals surface area contributed by atoms with Crippen LogP contribution in [0.15, 0.2) is 24.3 Å². The van der Waals surface area contributed by atoms with Gasteiger partial charge in [-0.15, -0.1) is 0 Å². The Labute approximate surface area is 139 Å². The molecule has 2 aliphatic rings. The Morgan fingerprint density at radius 2 is 1.75 bits per heavy atom. The van der Waals surface area contributed by atoms with Gasteiger partial charge in [-0.2, -0.15) is 0 Å². The van der Waals surface area contributed by atoms with Crippen molar-refractivity contribution in [3.63, 3.8) is 0 Å². The number of nitrogens with one attached hydrogen (secondary N) is 1. The van der Waals surface area contributed by atoms with Gasteiger partial charge in [-0.1, -0.05) is 0 Å². The average Bonchev–Trinajstić information content (AvgIpc) is 2.81. The van der Waals surface area contributed by atoms with Crippen LogP contribution in [0.3, 0.4) is 0 Å². The Morgan fingerprint density at radius 1 is 1.17 bits per heavy atom. The molecule has 128 valence electrons. The lowest BCUT2D eigenvalue weighted by Crippen LogP contribution is -3.19. The molecule has 0 unspecified atom stereocenters. The lowest BCUT2D eigenvalue weighted by molar-refractivity contribution is -0.929. The topological polar surface area (TPSA) is 94.2 Å². The van der Waals surface area contributed by atoms with E-state index in [0.717, 1.165) is 9.80 Å². The van der Waals surface area contributed by atoms with E-state index < -0.39 is 11.0 Å². The number of imide groups is 1. The Bertz CT molecular complexity index is 665. The molecule has 8 nitrogen and oxygen atoms in total. The summed E-state index contributed by atoms with van der Waals surface area (Å²) in [6.07, 6.45) is 0.241. The van der Waals surface area contributed by atoms with Crippen LogP contribution in [-0.2, 0) is 14.3 Å². The van der Waals surface area contributed by atoms with Gasteiger partial charge in [-0.25, -0.2) is 4.90 Å². The lowest BCUT2D eigenvalue weighted by atomic mass is 10.1. The molecule has 0 saturated carbocycles. The summed E-state index contributed by atoms with van der Waals surface area (Å²) in [5.74, 6) is -0.511. The molecule has 0 aliphatic carbocycles. The largest absolute Gasteiger partial charge is 0.364 e. The molecule has 2 amide bonds. The van der Waals surface area contributed by atoms with Gasteiger partial charge in [0.05, 0.1) is 17.0 Å². The molecule has 1 aromatic rings. The van der Waals surface area contributed by atoms with E-state index in [1.807, 2.05) is 13.8 Å². The molecule has 8 heteroatoms. The van der Waals surface area contributed by atoms with E-state index in [1.165, 1.54) is 24.3 Å². The molecule has 1 N–H and O–H groups in total. The molecule has 2 aliphatic heterocycles. The fourth-order valence-corrected chi connectivity index (χ4v) is 3.54. The molecule has 3 rings (SSSR count). The highest BCUT2D eigenvalue weighted by Crippen LogP contribution is 2.24. The second kappa shape index (κ2) is 6.29. The summed E-state index contributed by atoms with van der Waals surface area (Å²) in [4.78, 5) is 37.5. The number of hydrogen-bond donors (Lipinski definition) is 1. The lowest BCUT2D eigenvalue weighted by Gasteiger charge is -2.34. The summed E-state index contributed by atoms with van der Waals surface area (Å²) in [5, 5.41) is 10.7. The van der Waals surface area contributed by atoms with Crippen molar-refractivity contribution in [3.8, 4) is 0 Å². The minimum absolute atomic E-state index is 0.0417. The number of nitrogens with zero attached hydrogens (tertiary/aromatic N) is 2. The van der Waals surface area contributed by atoms with Crippen molar-refractivity contribution in [3.05, 3.63) is 34.4 Å². The highest BCUT2D eigenvalue weighted by atomic mass is 16.6. The van der Waals surface area contributed by atoms with Crippen molar-refractivity contribution in [1.29, 1.82) is 0 Å². The van der Waals surface area contributed by atoms with Gasteiger partial charge < -0.3 is 9.64 Å². The smallest absolute Gasteiger partial charge is 0.292 e. The van der Waals surface area contributed by atoms with Crippen LogP contribution < -0.4 is 9.80 Å². The normalized spacial score (nSPS) is 30.7. The zero-order chi connectivity index (χ0) is 17.4. The number of carbonyl (C=O) groups excluding carboxylic acids is 2. The molecule has 2 fully saturated rings. The number of nitro groups is 1. The number of carbonyl (C=O) groups is 2. The van der Waals surface area contributed by atoms with E-state index in [1.54, 1.807) is 0 Å². The first-order chi connectivity index (χ1) is 11.4. The van der Waals surface area contributed by atoms with E-state index in [4.69, 9.17) is 4.74 Å². The first-order valence-corrected chi connectivity index (χ1v) is 7.98. The Hall–Kier alpha value is -2.32. The minimum Gasteiger partial charge on any atom is -0.364 e. The van der Waals surface area contributed by atoms with E-state index in [0.29, 0.717) is 18.8 Å². The molecule has 24 heavy (non-hydrogen) atoms. The van der Waals surface area contributed by atoms with Crippen LogP contribution in [0.2, 0.25) is 0 Å². The van der Waals surface area contributed by atoms with Crippen molar-refractivity contribution in [2.24, 2.45) is 0 Å². The average molecular weight is 334 g/mol. The van der Waals surface area contributed by atoms with Crippen LogP contribution in [0.1, 0.15) is 20.3 Å². The molecule has 0 aromatic heterocycles. The van der Waals surface area contributed by atoms with Gasteiger partial charge in [0.1, 0.15) is 25.3 Å². The number of amides is 2. The maximum atomic E-state index is 12.8. The molecule has 2 saturated heterocycles. The van der Waals surface area contributed by atoms with Crippen molar-refractivity contribution in [1.82, 2.24) is 0 Å². The van der Waals surface area contributed by atoms with Crippen molar-refractivity contribution in [2.45, 2.75) is 38.5 Å². The van der Waals surface area contributed by atoms with Gasteiger partial charge >= 0.3 is 0 Å². The standard InChI is InChI=1S/C16H19N3O5/c1-10-8-17(9-11(2)24-10)14-7-15(20)18(16(14)21)12-3-5-13(6-4-12)19(22)23/h3-6,10-11,14H,7-9H2,1-2H3/p+1/t10-,11-,14+/m0/s1. The van der Waals surface area contributed by atoms with Crippen LogP contribution in [0, 0.1) is 10.1 Å². The summed E-state index contributed by atoms with van der Waals surface area (Å²) in [7, 11) is 0. The van der Waals surface area contributed by atoms with Crippen molar-refractivity contribution in [2.75, 3.05) is 18.0 Å². The molecule has 0 radical (unpaired) electrons. The monoisotopic (exact) mass is 334 g/mol. The zero-order valence-corrected chi connectivity index (χ0v) is 13.6. The van der Waals surface area contributed by atoms with Crippen molar-refractivity contribution >= 4 is 23.2 Å². The van der Waals surface area contributed by atoms with E-state index in [2.05, 4.69) is 0 Å². The minimum atomic E-state index is -0.513. The second-order valence-corrected chi connectivity index (χ2v) is 6.42. The number of rotatable bonds is 3. The summed E-state index contributed by atoms with van der Waals surface area (Å²) in [6, 6.07) is 5.07. The van der Waals surface area contributed by atoms with E-state index in [-0.39, 0.29) is 36.1 Å². The Morgan fingerprint density at radius 3 is 2.29 bits per heavy atom. The fourth-order valence-electron chi connectivity index (χ4n) is 3.54. The summed E-state index contributed by atoms with van der Waals surface area (Å²) < 4.78 is 5.69. The molecular formula is C16H20N3O5+. The Balaban J connectivity index is 1.80. The number of nitro benzene ring substituents is 1. The van der Waals surface area contributed by atoms with Crippen LogP contribution in [-0.4, -0.2) is 48.1 Å². The zero-order valence-electron chi connectivity index (χ0n) is 13.6. The molecule has 1 aromatic carbocycles. The molecule has 0 spiro atoms. The number of morpholine rings is 1. The van der Waals surface area contributed by atoms with Gasteiger partial charge in [0.25, 0.3) is 11.6 Å². The van der Waals surface area contributed by atoms with E-state index in [9.17, 15) is 19.7 Å². The van der Waals surface area contributed by atoms with Gasteiger partial charge in [0.2, 0.25) is 5.91 Å². The number of ether oxygens (including phenoxy) is 1. The molecule has 0 bridgehead atoms. The number of quaternary nitrogens is 1. The Kier molecular flexibility index (Phi) is 4.33. The van der Waals surface area contributed by atoms with Gasteiger partial charge in [-0.3, -0.25) is 19.7 Å². The van der Waals surface area contributed by atoms with Gasteiger partial charge in [0.15, 0.2) is 6.04 Å². The quantitative estimate of drug-likeness (QED) is 0.474. The summed E-state index contributed by atoms with van der Waals surface area (Å²) in [6.45, 7) is 5.29. The highest BCUT2D eigenvalue weighted by molar-refractivity contribution is 6.21. The third kappa shape index (κ3) is 3.02. The first kappa shape index (κ1) is 16.5. The third-order valence-electron chi connectivity index (χ3n) is 4.52. The molecular weight excluding hydrogens is 314 g/mol. The predicted octanol–water partition coefficient (Wildman–Crippen LogP) is -0.0812. The van der Waals surface area contributed by atoms with Crippen LogP contribution in [0.5, 0.6) is 0 Å². The van der Waals surface area contributed by atoms with Crippen LogP contribution in [0.25, 0.3) is 0 Å². The number of anilines is 1. The van der Waals surface area contributed by atoms with Gasteiger partial charge in [0, 0.05) is 12.1 Å². The fraction of sp³-hybridized carbons (Fsp3) is 0.500. The summed E-state index contributed by atoms with van der Waals surface area (Å²) in [5.41, 5.74) is 0.308. The maximum absolute atomic E-state index is 12.8.